The lowest BCUT2D eigenvalue weighted by Crippen LogP contribution is -2.06. The highest BCUT2D eigenvalue weighted by atomic mass is 19.3. The van der Waals surface area contributed by atoms with Gasteiger partial charge in [-0.3, -0.25) is 4.68 Å². The van der Waals surface area contributed by atoms with Crippen LogP contribution in [-0.2, 0) is 11.3 Å². The Labute approximate surface area is 84.8 Å². The molecule has 1 aromatic heterocycles. The topological polar surface area (TPSA) is 55.1 Å². The van der Waals surface area contributed by atoms with Crippen LogP contribution in [0.25, 0.3) is 6.08 Å². The molecule has 0 amide bonds. The molecule has 0 radical (unpaired) electrons. The van der Waals surface area contributed by atoms with E-state index >= 15 is 0 Å². The van der Waals surface area contributed by atoms with Gasteiger partial charge in [-0.15, -0.1) is 0 Å². The molecule has 82 valence electrons. The molecule has 4 nitrogen and oxygen atoms in total. The van der Waals surface area contributed by atoms with Gasteiger partial charge in [0.15, 0.2) is 0 Å². The normalized spacial score (nSPS) is 11.5. The largest absolute Gasteiger partial charge is 0.478 e. The second-order valence-electron chi connectivity index (χ2n) is 2.95. The zero-order valence-corrected chi connectivity index (χ0v) is 8.02. The monoisotopic (exact) mass is 216 g/mol. The molecule has 0 spiro atoms. The summed E-state index contributed by atoms with van der Waals surface area (Å²) in [4.78, 5) is 10.2. The van der Waals surface area contributed by atoms with Crippen molar-refractivity contribution in [3.8, 4) is 0 Å². The molecule has 1 rings (SSSR count). The Morgan fingerprint density at radius 1 is 1.73 bits per heavy atom. The maximum Gasteiger partial charge on any atom is 0.328 e. The molecular weight excluding hydrogens is 206 g/mol. The maximum atomic E-state index is 12.0. The average Bonchev–Trinajstić information content (AvgIpc) is 2.41. The summed E-state index contributed by atoms with van der Waals surface area (Å²) in [6, 6.07) is 0. The molecule has 0 atom stereocenters. The van der Waals surface area contributed by atoms with Gasteiger partial charge in [-0.25, -0.2) is 13.6 Å². The maximum absolute atomic E-state index is 12.0. The predicted octanol–water partition coefficient (Wildman–Crippen LogP) is 1.55. The van der Waals surface area contributed by atoms with Crippen molar-refractivity contribution in [2.75, 3.05) is 0 Å². The van der Waals surface area contributed by atoms with Crippen molar-refractivity contribution in [1.29, 1.82) is 0 Å². The van der Waals surface area contributed by atoms with Crippen molar-refractivity contribution in [3.63, 3.8) is 0 Å². The summed E-state index contributed by atoms with van der Waals surface area (Å²) in [5, 5.41) is 12.2. The van der Waals surface area contributed by atoms with Crippen LogP contribution in [0.1, 0.15) is 11.3 Å². The molecule has 0 saturated carbocycles. The van der Waals surface area contributed by atoms with Crippen molar-refractivity contribution in [2.24, 2.45) is 0 Å². The molecule has 0 unspecified atom stereocenters. The van der Waals surface area contributed by atoms with Crippen molar-refractivity contribution in [3.05, 3.63) is 23.5 Å². The number of hydrogen-bond donors (Lipinski definition) is 1. The fourth-order valence-corrected chi connectivity index (χ4v) is 1.09. The fourth-order valence-electron chi connectivity index (χ4n) is 1.09. The molecule has 0 aliphatic heterocycles. The number of aliphatic carboxylic acids is 1. The van der Waals surface area contributed by atoms with Crippen molar-refractivity contribution < 1.29 is 18.7 Å². The Hall–Kier alpha value is -1.72. The van der Waals surface area contributed by atoms with Gasteiger partial charge >= 0.3 is 5.97 Å². The SMILES string of the molecule is Cc1nn(CC(F)F)cc1/C=C/C(=O)O. The number of nitrogens with zero attached hydrogens (tertiary/aromatic N) is 2. The lowest BCUT2D eigenvalue weighted by molar-refractivity contribution is -0.131. The van der Waals surface area contributed by atoms with Crippen LogP contribution in [0.5, 0.6) is 0 Å². The average molecular weight is 216 g/mol. The summed E-state index contributed by atoms with van der Waals surface area (Å²) < 4.78 is 25.1. The Bertz CT molecular complexity index is 385. The number of carbonyl (C=O) groups is 1. The first kappa shape index (κ1) is 11.4. The molecule has 0 saturated heterocycles. The molecule has 0 aliphatic carbocycles. The van der Waals surface area contributed by atoms with E-state index in [9.17, 15) is 13.6 Å². The van der Waals surface area contributed by atoms with Crippen LogP contribution in [0.15, 0.2) is 12.3 Å². The molecule has 0 bridgehead atoms. The minimum Gasteiger partial charge on any atom is -0.478 e. The van der Waals surface area contributed by atoms with Crippen LogP contribution in [0.3, 0.4) is 0 Å². The number of carboxylic acids is 1. The van der Waals surface area contributed by atoms with Crippen LogP contribution < -0.4 is 0 Å². The summed E-state index contributed by atoms with van der Waals surface area (Å²) in [6.07, 6.45) is 1.19. The van der Waals surface area contributed by atoms with Crippen LogP contribution >= 0.6 is 0 Å². The highest BCUT2D eigenvalue weighted by molar-refractivity contribution is 5.85. The molecular formula is C9H10F2N2O2. The van der Waals surface area contributed by atoms with Gasteiger partial charge in [0.05, 0.1) is 5.69 Å². The number of hydrogen-bond acceptors (Lipinski definition) is 2. The van der Waals surface area contributed by atoms with E-state index in [-0.39, 0.29) is 0 Å². The lowest BCUT2D eigenvalue weighted by Gasteiger charge is -1.97. The first-order valence-corrected chi connectivity index (χ1v) is 4.22. The Morgan fingerprint density at radius 2 is 2.40 bits per heavy atom. The Morgan fingerprint density at radius 3 is 2.93 bits per heavy atom. The lowest BCUT2D eigenvalue weighted by atomic mass is 10.2. The van der Waals surface area contributed by atoms with E-state index in [1.54, 1.807) is 6.92 Å². The highest BCUT2D eigenvalue weighted by Crippen LogP contribution is 2.09. The first-order valence-electron chi connectivity index (χ1n) is 4.22. The van der Waals surface area contributed by atoms with E-state index in [1.165, 1.54) is 12.3 Å². The number of aromatic nitrogens is 2. The highest BCUT2D eigenvalue weighted by Gasteiger charge is 2.07. The van der Waals surface area contributed by atoms with E-state index < -0.39 is 18.9 Å². The standard InChI is InChI=1S/C9H10F2N2O2/c1-6-7(2-3-9(14)15)4-13(12-6)5-8(10)11/h2-4,8H,5H2,1H3,(H,14,15)/b3-2+. The minimum absolute atomic E-state index is 0.484. The quantitative estimate of drug-likeness (QED) is 0.777. The van der Waals surface area contributed by atoms with E-state index in [2.05, 4.69) is 5.10 Å². The molecule has 1 heterocycles. The third kappa shape index (κ3) is 3.49. The molecule has 0 aromatic carbocycles. The third-order valence-corrected chi connectivity index (χ3v) is 1.71. The van der Waals surface area contributed by atoms with E-state index in [4.69, 9.17) is 5.11 Å². The van der Waals surface area contributed by atoms with E-state index in [0.29, 0.717) is 11.3 Å². The Balaban J connectivity index is 2.82. The molecule has 1 N–H and O–H groups in total. The van der Waals surface area contributed by atoms with E-state index in [1.807, 2.05) is 0 Å². The second kappa shape index (κ2) is 4.68. The molecule has 6 heteroatoms. The molecule has 15 heavy (non-hydrogen) atoms. The molecule has 1 aromatic rings. The summed E-state index contributed by atoms with van der Waals surface area (Å²) >= 11 is 0. The minimum atomic E-state index is -2.47. The van der Waals surface area contributed by atoms with Gasteiger partial charge in [0.25, 0.3) is 6.43 Å². The zero-order chi connectivity index (χ0) is 11.4. The predicted molar refractivity (Wildman–Crippen MR) is 49.6 cm³/mol. The van der Waals surface area contributed by atoms with Crippen LogP contribution in [0, 0.1) is 6.92 Å². The van der Waals surface area contributed by atoms with Crippen LogP contribution in [-0.4, -0.2) is 27.3 Å². The zero-order valence-electron chi connectivity index (χ0n) is 8.02. The fraction of sp³-hybridized carbons (Fsp3) is 0.333. The molecule has 0 aliphatic rings. The van der Waals surface area contributed by atoms with Crippen LogP contribution in [0.4, 0.5) is 8.78 Å². The Kier molecular flexibility index (Phi) is 3.54. The first-order chi connectivity index (χ1) is 6.99. The smallest absolute Gasteiger partial charge is 0.328 e. The number of carboxylic acid groups (broad SMARTS) is 1. The number of aryl methyl sites for hydroxylation is 1. The van der Waals surface area contributed by atoms with Gasteiger partial charge in [-0.05, 0) is 13.0 Å². The van der Waals surface area contributed by atoms with E-state index in [0.717, 1.165) is 10.8 Å². The van der Waals surface area contributed by atoms with Gasteiger partial charge in [-0.2, -0.15) is 5.10 Å². The van der Waals surface area contributed by atoms with Gasteiger partial charge in [-0.1, -0.05) is 0 Å². The van der Waals surface area contributed by atoms with Crippen LogP contribution in [0.2, 0.25) is 0 Å². The second-order valence-corrected chi connectivity index (χ2v) is 2.95. The summed E-state index contributed by atoms with van der Waals surface area (Å²) in [5.74, 6) is -1.09. The summed E-state index contributed by atoms with van der Waals surface area (Å²) in [6.45, 7) is 1.14. The third-order valence-electron chi connectivity index (χ3n) is 1.71. The summed E-state index contributed by atoms with van der Waals surface area (Å²) in [7, 11) is 0. The number of halogens is 2. The van der Waals surface area contributed by atoms with Gasteiger partial charge in [0, 0.05) is 17.8 Å². The van der Waals surface area contributed by atoms with Gasteiger partial charge in [0.2, 0.25) is 0 Å². The van der Waals surface area contributed by atoms with Crippen molar-refractivity contribution in [1.82, 2.24) is 9.78 Å². The number of alkyl halides is 2. The molecule has 0 fully saturated rings. The number of rotatable bonds is 4. The van der Waals surface area contributed by atoms with Crippen molar-refractivity contribution in [2.45, 2.75) is 19.9 Å². The summed E-state index contributed by atoms with van der Waals surface area (Å²) in [5.41, 5.74) is 1.05. The van der Waals surface area contributed by atoms with Crippen molar-refractivity contribution >= 4 is 12.0 Å². The van der Waals surface area contributed by atoms with Gasteiger partial charge in [0.1, 0.15) is 6.54 Å². The van der Waals surface area contributed by atoms with Gasteiger partial charge < -0.3 is 5.11 Å².